The first-order valence-corrected chi connectivity index (χ1v) is 11.3. The zero-order chi connectivity index (χ0) is 27.3. The fourth-order valence-corrected chi connectivity index (χ4v) is 4.25. The van der Waals surface area contributed by atoms with E-state index in [1.54, 1.807) is 30.7 Å². The lowest BCUT2D eigenvalue weighted by atomic mass is 10.0. The smallest absolute Gasteiger partial charge is 0.344 e. The third-order valence-electron chi connectivity index (χ3n) is 5.70. The molecule has 196 valence electrons. The molecule has 0 unspecified atom stereocenters. The fourth-order valence-electron chi connectivity index (χ4n) is 4.25. The van der Waals surface area contributed by atoms with E-state index in [-0.39, 0.29) is 23.3 Å². The minimum absolute atomic E-state index is 0.0992. The number of aromatic nitrogens is 5. The number of carbonyl (C=O) groups excluding carboxylic acids is 2. The van der Waals surface area contributed by atoms with Crippen molar-refractivity contribution in [3.8, 4) is 11.4 Å². The molecule has 1 N–H and O–H groups in total. The molecule has 0 saturated carbocycles. The lowest BCUT2D eigenvalue weighted by molar-refractivity contribution is -0.242. The van der Waals surface area contributed by atoms with E-state index in [1.165, 1.54) is 26.2 Å². The number of alkyl halides is 3. The first kappa shape index (κ1) is 26.1. The molecule has 4 aromatic rings. The van der Waals surface area contributed by atoms with Crippen molar-refractivity contribution >= 4 is 33.9 Å². The quantitative estimate of drug-likeness (QED) is 0.403. The number of nitrogens with one attached hydrogen (secondary N) is 1. The topological polar surface area (TPSA) is 109 Å². The van der Waals surface area contributed by atoms with E-state index < -0.39 is 23.6 Å². The monoisotopic (exact) mass is 517 g/mol. The van der Waals surface area contributed by atoms with Crippen LogP contribution in [-0.4, -0.2) is 78.9 Å². The maximum absolute atomic E-state index is 13.6. The fraction of sp³-hybridized carbons (Fsp3) is 0.375. The summed E-state index contributed by atoms with van der Waals surface area (Å²) >= 11 is 0. The molecule has 0 saturated heterocycles. The van der Waals surface area contributed by atoms with Gasteiger partial charge in [0.1, 0.15) is 16.9 Å². The van der Waals surface area contributed by atoms with Gasteiger partial charge in [0, 0.05) is 25.2 Å². The number of aromatic amines is 1. The van der Waals surface area contributed by atoms with Crippen LogP contribution in [0.5, 0.6) is 0 Å². The Balaban J connectivity index is 1.81. The second kappa shape index (κ2) is 9.14. The standard InChI is InChI=1S/C24H26F3N7O3/c1-13-7-8-14-17(9-13)33(6)31-18(14)16-11-29-20-19(30-16)15(10-28-20)21(35)34(23(2,3)12-32(4)5)37-22(36)24(25,26)27/h7-11H,12H2,1-6H3,(H,28,29). The normalized spacial score (nSPS) is 12.5. The molecule has 0 aliphatic rings. The summed E-state index contributed by atoms with van der Waals surface area (Å²) in [6.07, 6.45) is -2.53. The zero-order valence-electron chi connectivity index (χ0n) is 21.1. The van der Waals surface area contributed by atoms with Gasteiger partial charge in [0.15, 0.2) is 5.65 Å². The molecule has 37 heavy (non-hydrogen) atoms. The van der Waals surface area contributed by atoms with E-state index >= 15 is 0 Å². The highest BCUT2D eigenvalue weighted by atomic mass is 19.4. The van der Waals surface area contributed by atoms with Gasteiger partial charge in [-0.3, -0.25) is 9.48 Å². The Morgan fingerprint density at radius 1 is 1.19 bits per heavy atom. The van der Waals surface area contributed by atoms with Gasteiger partial charge in [0.25, 0.3) is 5.91 Å². The van der Waals surface area contributed by atoms with Crippen LogP contribution in [0.25, 0.3) is 33.5 Å². The zero-order valence-corrected chi connectivity index (χ0v) is 21.1. The number of hydrogen-bond donors (Lipinski definition) is 1. The number of nitrogens with zero attached hydrogens (tertiary/aromatic N) is 6. The van der Waals surface area contributed by atoms with Gasteiger partial charge in [-0.2, -0.15) is 23.3 Å². The summed E-state index contributed by atoms with van der Waals surface area (Å²) in [5.74, 6) is -3.49. The second-order valence-corrected chi connectivity index (χ2v) is 9.67. The summed E-state index contributed by atoms with van der Waals surface area (Å²) < 4.78 is 40.9. The van der Waals surface area contributed by atoms with Crippen LogP contribution in [0, 0.1) is 6.92 Å². The number of hydroxylamine groups is 2. The van der Waals surface area contributed by atoms with Crippen LogP contribution in [-0.2, 0) is 16.7 Å². The van der Waals surface area contributed by atoms with Crippen LogP contribution in [0.3, 0.4) is 0 Å². The van der Waals surface area contributed by atoms with Gasteiger partial charge in [-0.05, 0) is 46.5 Å². The summed E-state index contributed by atoms with van der Waals surface area (Å²) in [6, 6.07) is 5.82. The molecule has 0 spiro atoms. The molecule has 0 aliphatic heterocycles. The van der Waals surface area contributed by atoms with Gasteiger partial charge in [-0.1, -0.05) is 12.1 Å². The molecule has 0 atom stereocenters. The summed E-state index contributed by atoms with van der Waals surface area (Å²) in [4.78, 5) is 43.3. The van der Waals surface area contributed by atoms with Crippen molar-refractivity contribution in [3.05, 3.63) is 41.7 Å². The third kappa shape index (κ3) is 4.99. The SMILES string of the molecule is Cc1ccc2c(-c3cnc4[nH]cc(C(=O)N(OC(=O)C(F)(F)F)C(C)(C)CN(C)C)c4n3)nn(C)c2c1. The molecule has 4 rings (SSSR count). The minimum atomic E-state index is -5.29. The lowest BCUT2D eigenvalue weighted by Crippen LogP contribution is -2.54. The number of rotatable bonds is 5. The van der Waals surface area contributed by atoms with Crippen LogP contribution in [0.15, 0.2) is 30.6 Å². The summed E-state index contributed by atoms with van der Waals surface area (Å²) in [7, 11) is 5.15. The average Bonchev–Trinajstić information content (AvgIpc) is 3.35. The molecule has 1 amide bonds. The Morgan fingerprint density at radius 3 is 2.54 bits per heavy atom. The summed E-state index contributed by atoms with van der Waals surface area (Å²) in [6.45, 7) is 5.04. The first-order valence-electron chi connectivity index (χ1n) is 11.3. The molecule has 0 aliphatic carbocycles. The van der Waals surface area contributed by atoms with E-state index in [4.69, 9.17) is 0 Å². The van der Waals surface area contributed by atoms with Crippen molar-refractivity contribution in [1.29, 1.82) is 0 Å². The van der Waals surface area contributed by atoms with E-state index in [0.29, 0.717) is 16.5 Å². The lowest BCUT2D eigenvalue weighted by Gasteiger charge is -2.37. The summed E-state index contributed by atoms with van der Waals surface area (Å²) in [5, 5.41) is 5.81. The van der Waals surface area contributed by atoms with Gasteiger partial charge in [0.2, 0.25) is 0 Å². The number of amides is 1. The van der Waals surface area contributed by atoms with Gasteiger partial charge in [0.05, 0.1) is 22.8 Å². The first-order chi connectivity index (χ1) is 17.2. The molecule has 3 aromatic heterocycles. The molecule has 1 aromatic carbocycles. The van der Waals surface area contributed by atoms with Crippen molar-refractivity contribution in [2.24, 2.45) is 7.05 Å². The van der Waals surface area contributed by atoms with Crippen molar-refractivity contribution in [2.75, 3.05) is 20.6 Å². The molecule has 0 radical (unpaired) electrons. The molecule has 10 nitrogen and oxygen atoms in total. The van der Waals surface area contributed by atoms with Crippen LogP contribution in [0.1, 0.15) is 29.8 Å². The Kier molecular flexibility index (Phi) is 6.44. The molecule has 0 bridgehead atoms. The molecular formula is C24H26F3N7O3. The van der Waals surface area contributed by atoms with E-state index in [9.17, 15) is 22.8 Å². The predicted octanol–water partition coefficient (Wildman–Crippen LogP) is 3.62. The molecule has 13 heteroatoms. The second-order valence-electron chi connectivity index (χ2n) is 9.67. The number of H-pyrrole nitrogens is 1. The average molecular weight is 518 g/mol. The van der Waals surface area contributed by atoms with Gasteiger partial charge in [-0.15, -0.1) is 0 Å². The third-order valence-corrected chi connectivity index (χ3v) is 5.70. The number of halogens is 3. The minimum Gasteiger partial charge on any atom is -0.344 e. The highest BCUT2D eigenvalue weighted by Gasteiger charge is 2.46. The number of likely N-dealkylation sites (N-methyl/N-ethyl adjacent to an activating group) is 1. The highest BCUT2D eigenvalue weighted by Crippen LogP contribution is 2.30. The molecule has 0 fully saturated rings. The maximum atomic E-state index is 13.6. The number of fused-ring (bicyclic) bond motifs is 2. The number of hydrogen-bond acceptors (Lipinski definition) is 7. The largest absolute Gasteiger partial charge is 0.493 e. The predicted molar refractivity (Wildman–Crippen MR) is 129 cm³/mol. The molecule has 3 heterocycles. The number of carbonyl (C=O) groups is 2. The number of benzene rings is 1. The van der Waals surface area contributed by atoms with Crippen molar-refractivity contribution in [2.45, 2.75) is 32.5 Å². The van der Waals surface area contributed by atoms with Crippen molar-refractivity contribution < 1.29 is 27.6 Å². The van der Waals surface area contributed by atoms with Crippen LogP contribution < -0.4 is 0 Å². The Labute approximate surface area is 210 Å². The summed E-state index contributed by atoms with van der Waals surface area (Å²) in [5.41, 5.74) is 1.71. The molecular weight excluding hydrogens is 491 g/mol. The van der Waals surface area contributed by atoms with E-state index in [2.05, 4.69) is 24.9 Å². The van der Waals surface area contributed by atoms with Gasteiger partial charge < -0.3 is 14.7 Å². The Morgan fingerprint density at radius 2 is 1.89 bits per heavy atom. The maximum Gasteiger partial charge on any atom is 0.493 e. The van der Waals surface area contributed by atoms with Gasteiger partial charge in [-0.25, -0.2) is 14.8 Å². The van der Waals surface area contributed by atoms with Gasteiger partial charge >= 0.3 is 12.1 Å². The Hall–Kier alpha value is -4.00. The van der Waals surface area contributed by atoms with Crippen molar-refractivity contribution in [1.82, 2.24) is 34.7 Å². The van der Waals surface area contributed by atoms with Crippen molar-refractivity contribution in [3.63, 3.8) is 0 Å². The van der Waals surface area contributed by atoms with E-state index in [1.807, 2.05) is 25.1 Å². The van der Waals surface area contributed by atoms with E-state index in [0.717, 1.165) is 16.5 Å². The number of aryl methyl sites for hydroxylation is 2. The Bertz CT molecular complexity index is 1500. The van der Waals surface area contributed by atoms with Crippen LogP contribution in [0.4, 0.5) is 13.2 Å². The highest BCUT2D eigenvalue weighted by molar-refractivity contribution is 6.05. The van der Waals surface area contributed by atoms with Crippen LogP contribution >= 0.6 is 0 Å². The van der Waals surface area contributed by atoms with Crippen LogP contribution in [0.2, 0.25) is 0 Å².